The third-order valence-electron chi connectivity index (χ3n) is 3.86. The zero-order valence-corrected chi connectivity index (χ0v) is 13.7. The summed E-state index contributed by atoms with van der Waals surface area (Å²) in [5.41, 5.74) is 2.09. The average Bonchev–Trinajstić information content (AvgIpc) is 3.26. The van der Waals surface area contributed by atoms with Gasteiger partial charge in [0.25, 0.3) is 0 Å². The lowest BCUT2D eigenvalue weighted by atomic mass is 10.1. The Morgan fingerprint density at radius 3 is 2.48 bits per heavy atom. The number of nitrogens with zero attached hydrogens (tertiary/aromatic N) is 3. The van der Waals surface area contributed by atoms with Gasteiger partial charge in [0.15, 0.2) is 0 Å². The lowest BCUT2D eigenvalue weighted by Crippen LogP contribution is -2.30. The molecular weight excluding hydrogens is 320 g/mol. The lowest BCUT2D eigenvalue weighted by Gasteiger charge is -2.15. The van der Waals surface area contributed by atoms with Crippen molar-refractivity contribution in [2.45, 2.75) is 19.5 Å². The fourth-order valence-corrected chi connectivity index (χ4v) is 2.52. The standard InChI is InChI=1S/C18H18N4O3/c1-13(14-4-6-16(7-5-14)21-8-2-3-9-21)20-17(23)12-22-11-15(10-19-22)18(24)25/h2-11,13H,12H2,1H3,(H,20,23)(H,24,25). The van der Waals surface area contributed by atoms with Gasteiger partial charge in [-0.1, -0.05) is 12.1 Å². The molecule has 0 saturated heterocycles. The van der Waals surface area contributed by atoms with Gasteiger partial charge in [0.05, 0.1) is 17.8 Å². The van der Waals surface area contributed by atoms with E-state index in [1.165, 1.54) is 17.1 Å². The van der Waals surface area contributed by atoms with Crippen LogP contribution in [0.5, 0.6) is 0 Å². The molecule has 25 heavy (non-hydrogen) atoms. The quantitative estimate of drug-likeness (QED) is 0.721. The number of rotatable bonds is 6. The molecule has 2 heterocycles. The first kappa shape index (κ1) is 16.5. The minimum absolute atomic E-state index is 0.0287. The molecule has 0 saturated carbocycles. The van der Waals surface area contributed by atoms with Crippen molar-refractivity contribution < 1.29 is 14.7 Å². The van der Waals surface area contributed by atoms with Crippen molar-refractivity contribution in [1.29, 1.82) is 0 Å². The Bertz CT molecular complexity index is 866. The molecule has 2 N–H and O–H groups in total. The van der Waals surface area contributed by atoms with Crippen LogP contribution in [0.1, 0.15) is 28.9 Å². The molecule has 0 aliphatic carbocycles. The highest BCUT2D eigenvalue weighted by Crippen LogP contribution is 2.16. The molecule has 0 fully saturated rings. The smallest absolute Gasteiger partial charge is 0.338 e. The lowest BCUT2D eigenvalue weighted by molar-refractivity contribution is -0.122. The predicted octanol–water partition coefficient (Wildman–Crippen LogP) is 2.25. The summed E-state index contributed by atoms with van der Waals surface area (Å²) in [4.78, 5) is 22.9. The molecule has 7 heteroatoms. The van der Waals surface area contributed by atoms with E-state index in [2.05, 4.69) is 10.4 Å². The number of carboxylic acids is 1. The maximum Gasteiger partial charge on any atom is 0.338 e. The summed E-state index contributed by atoms with van der Waals surface area (Å²) >= 11 is 0. The second-order valence-electron chi connectivity index (χ2n) is 5.70. The molecule has 1 unspecified atom stereocenters. The predicted molar refractivity (Wildman–Crippen MR) is 91.5 cm³/mol. The summed E-state index contributed by atoms with van der Waals surface area (Å²) in [6.07, 6.45) is 6.49. The Labute approximate surface area is 144 Å². The van der Waals surface area contributed by atoms with Crippen LogP contribution in [-0.4, -0.2) is 31.3 Å². The van der Waals surface area contributed by atoms with Crippen molar-refractivity contribution in [3.8, 4) is 5.69 Å². The Balaban J connectivity index is 1.60. The van der Waals surface area contributed by atoms with Crippen molar-refractivity contribution in [3.05, 3.63) is 72.3 Å². The van der Waals surface area contributed by atoms with Crippen molar-refractivity contribution in [2.24, 2.45) is 0 Å². The second kappa shape index (κ2) is 7.04. The maximum atomic E-state index is 12.1. The largest absolute Gasteiger partial charge is 0.478 e. The van der Waals surface area contributed by atoms with Gasteiger partial charge in [0, 0.05) is 24.3 Å². The Morgan fingerprint density at radius 2 is 1.88 bits per heavy atom. The van der Waals surface area contributed by atoms with Crippen molar-refractivity contribution >= 4 is 11.9 Å². The molecule has 0 spiro atoms. The van der Waals surface area contributed by atoms with E-state index in [4.69, 9.17) is 5.11 Å². The normalized spacial score (nSPS) is 11.9. The summed E-state index contributed by atoms with van der Waals surface area (Å²) in [6.45, 7) is 1.87. The molecule has 0 radical (unpaired) electrons. The minimum atomic E-state index is -1.07. The van der Waals surface area contributed by atoms with Gasteiger partial charge in [-0.25, -0.2) is 4.79 Å². The van der Waals surface area contributed by atoms with Crippen LogP contribution in [0.2, 0.25) is 0 Å². The van der Waals surface area contributed by atoms with Gasteiger partial charge >= 0.3 is 5.97 Å². The van der Waals surface area contributed by atoms with Crippen LogP contribution in [0.3, 0.4) is 0 Å². The van der Waals surface area contributed by atoms with Crippen molar-refractivity contribution in [3.63, 3.8) is 0 Å². The molecule has 0 bridgehead atoms. The van der Waals surface area contributed by atoms with Gasteiger partial charge < -0.3 is 15.0 Å². The van der Waals surface area contributed by atoms with Crippen LogP contribution in [0, 0.1) is 0 Å². The number of carboxylic acid groups (broad SMARTS) is 1. The maximum absolute atomic E-state index is 12.1. The third-order valence-corrected chi connectivity index (χ3v) is 3.86. The van der Waals surface area contributed by atoms with Crippen LogP contribution in [0.4, 0.5) is 0 Å². The monoisotopic (exact) mass is 338 g/mol. The first-order valence-corrected chi connectivity index (χ1v) is 7.81. The zero-order chi connectivity index (χ0) is 17.8. The summed E-state index contributed by atoms with van der Waals surface area (Å²) in [7, 11) is 0. The fourth-order valence-electron chi connectivity index (χ4n) is 2.52. The number of aromatic nitrogens is 3. The first-order valence-electron chi connectivity index (χ1n) is 7.81. The van der Waals surface area contributed by atoms with Gasteiger partial charge in [0.1, 0.15) is 6.54 Å². The van der Waals surface area contributed by atoms with E-state index in [1.54, 1.807) is 0 Å². The van der Waals surface area contributed by atoms with E-state index in [-0.39, 0.29) is 24.1 Å². The van der Waals surface area contributed by atoms with Crippen LogP contribution in [-0.2, 0) is 11.3 Å². The van der Waals surface area contributed by atoms with Crippen LogP contribution < -0.4 is 5.32 Å². The average molecular weight is 338 g/mol. The summed E-state index contributed by atoms with van der Waals surface area (Å²) in [5.74, 6) is -1.30. The molecule has 1 aromatic carbocycles. The van der Waals surface area contributed by atoms with Gasteiger partial charge in [-0.3, -0.25) is 9.48 Å². The van der Waals surface area contributed by atoms with E-state index in [0.29, 0.717) is 0 Å². The molecule has 128 valence electrons. The number of carbonyl (C=O) groups excluding carboxylic acids is 1. The highest BCUT2D eigenvalue weighted by molar-refractivity contribution is 5.87. The molecule has 3 rings (SSSR count). The number of nitrogens with one attached hydrogen (secondary N) is 1. The highest BCUT2D eigenvalue weighted by atomic mass is 16.4. The SMILES string of the molecule is CC(NC(=O)Cn1cc(C(=O)O)cn1)c1ccc(-n2cccc2)cc1. The summed E-state index contributed by atoms with van der Waals surface area (Å²) < 4.78 is 3.31. The molecule has 1 atom stereocenters. The van der Waals surface area contributed by atoms with E-state index >= 15 is 0 Å². The van der Waals surface area contributed by atoms with E-state index in [9.17, 15) is 9.59 Å². The van der Waals surface area contributed by atoms with Crippen LogP contribution >= 0.6 is 0 Å². The topological polar surface area (TPSA) is 89.2 Å². The van der Waals surface area contributed by atoms with E-state index < -0.39 is 5.97 Å². The third kappa shape index (κ3) is 3.95. The molecular formula is C18H18N4O3. The Morgan fingerprint density at radius 1 is 1.20 bits per heavy atom. The van der Waals surface area contributed by atoms with E-state index in [0.717, 1.165) is 11.3 Å². The number of carbonyl (C=O) groups is 2. The van der Waals surface area contributed by atoms with Gasteiger partial charge in [-0.05, 0) is 36.8 Å². The number of amides is 1. The number of benzene rings is 1. The summed E-state index contributed by atoms with van der Waals surface area (Å²) in [6, 6.07) is 11.7. The molecule has 3 aromatic rings. The Kier molecular flexibility index (Phi) is 4.65. The zero-order valence-electron chi connectivity index (χ0n) is 13.7. The van der Waals surface area contributed by atoms with Crippen molar-refractivity contribution in [2.75, 3.05) is 0 Å². The van der Waals surface area contributed by atoms with Gasteiger partial charge in [0.2, 0.25) is 5.91 Å². The highest BCUT2D eigenvalue weighted by Gasteiger charge is 2.12. The van der Waals surface area contributed by atoms with Crippen LogP contribution in [0.25, 0.3) is 5.69 Å². The Hall–Kier alpha value is -3.35. The molecule has 1 amide bonds. The molecule has 2 aromatic heterocycles. The van der Waals surface area contributed by atoms with Gasteiger partial charge in [-0.2, -0.15) is 5.10 Å². The fraction of sp³-hybridized carbons (Fsp3) is 0.167. The second-order valence-corrected chi connectivity index (χ2v) is 5.70. The van der Waals surface area contributed by atoms with Crippen molar-refractivity contribution in [1.82, 2.24) is 19.7 Å². The van der Waals surface area contributed by atoms with E-state index in [1.807, 2.05) is 60.3 Å². The number of hydrogen-bond acceptors (Lipinski definition) is 3. The van der Waals surface area contributed by atoms with Crippen LogP contribution in [0.15, 0.2) is 61.2 Å². The first-order chi connectivity index (χ1) is 12.0. The molecule has 0 aliphatic rings. The minimum Gasteiger partial charge on any atom is -0.478 e. The van der Waals surface area contributed by atoms with Gasteiger partial charge in [-0.15, -0.1) is 0 Å². The molecule has 7 nitrogen and oxygen atoms in total. The number of hydrogen-bond donors (Lipinski definition) is 2. The molecule has 0 aliphatic heterocycles. The number of aromatic carboxylic acids is 1. The summed E-state index contributed by atoms with van der Waals surface area (Å²) in [5, 5.41) is 15.6.